The van der Waals surface area contributed by atoms with Crippen LogP contribution in [0.2, 0.25) is 0 Å². The van der Waals surface area contributed by atoms with Crippen LogP contribution in [0.5, 0.6) is 0 Å². The predicted octanol–water partition coefficient (Wildman–Crippen LogP) is 3.15. The topological polar surface area (TPSA) is 52.3 Å². The Hall–Kier alpha value is -1.23. The predicted molar refractivity (Wildman–Crippen MR) is 74.6 cm³/mol. The second-order valence-electron chi connectivity index (χ2n) is 5.18. The Kier molecular flexibility index (Phi) is 4.04. The van der Waals surface area contributed by atoms with Crippen molar-refractivity contribution < 1.29 is 13.9 Å². The van der Waals surface area contributed by atoms with Gasteiger partial charge in [0.2, 0.25) is 0 Å². The highest BCUT2D eigenvalue weighted by Crippen LogP contribution is 2.52. The van der Waals surface area contributed by atoms with Crippen molar-refractivity contribution in [3.8, 4) is 0 Å². The molecule has 104 valence electrons. The zero-order valence-corrected chi connectivity index (χ0v) is 12.0. The van der Waals surface area contributed by atoms with Crippen LogP contribution in [-0.2, 0) is 9.53 Å². The van der Waals surface area contributed by atoms with Gasteiger partial charge in [-0.25, -0.2) is 4.39 Å². The quantitative estimate of drug-likeness (QED) is 0.512. The number of nitrogen functional groups attached to an aromatic ring is 1. The zero-order valence-electron chi connectivity index (χ0n) is 11.2. The van der Waals surface area contributed by atoms with E-state index in [0.717, 1.165) is 23.5 Å². The number of hydrogen-bond donors (Lipinski definition) is 1. The first kappa shape index (κ1) is 14.2. The highest BCUT2D eigenvalue weighted by atomic mass is 32.2. The van der Waals surface area contributed by atoms with Crippen molar-refractivity contribution in [1.82, 2.24) is 0 Å². The molecule has 0 atom stereocenters. The zero-order chi connectivity index (χ0) is 14.0. The SMILES string of the molecule is COC(=O)CC1(CSc2cc(C)c(F)cc2N)CC1. The van der Waals surface area contributed by atoms with Crippen molar-refractivity contribution in [3.63, 3.8) is 0 Å². The Bertz CT molecular complexity index is 500. The Morgan fingerprint density at radius 3 is 2.79 bits per heavy atom. The number of rotatable bonds is 5. The molecule has 1 aliphatic rings. The highest BCUT2D eigenvalue weighted by molar-refractivity contribution is 7.99. The van der Waals surface area contributed by atoms with Gasteiger partial charge in [0.25, 0.3) is 0 Å². The van der Waals surface area contributed by atoms with Crippen LogP contribution in [0.25, 0.3) is 0 Å². The van der Waals surface area contributed by atoms with Gasteiger partial charge in [0.15, 0.2) is 0 Å². The Morgan fingerprint density at radius 2 is 2.21 bits per heavy atom. The lowest BCUT2D eigenvalue weighted by Crippen LogP contribution is -2.13. The van der Waals surface area contributed by atoms with Crippen LogP contribution >= 0.6 is 11.8 Å². The Morgan fingerprint density at radius 1 is 1.53 bits per heavy atom. The minimum Gasteiger partial charge on any atom is -0.469 e. The summed E-state index contributed by atoms with van der Waals surface area (Å²) in [6.07, 6.45) is 2.53. The average Bonchev–Trinajstić information content (AvgIpc) is 3.12. The van der Waals surface area contributed by atoms with E-state index < -0.39 is 0 Å². The molecule has 19 heavy (non-hydrogen) atoms. The standard InChI is InChI=1S/C14H18FNO2S/c1-9-5-12(11(16)6-10(9)15)19-8-14(3-4-14)7-13(17)18-2/h5-6H,3-4,7-8,16H2,1-2H3. The van der Waals surface area contributed by atoms with Crippen molar-refractivity contribution in [2.24, 2.45) is 5.41 Å². The van der Waals surface area contributed by atoms with Gasteiger partial charge in [0.05, 0.1) is 13.5 Å². The van der Waals surface area contributed by atoms with Gasteiger partial charge in [-0.15, -0.1) is 11.8 Å². The van der Waals surface area contributed by atoms with Crippen molar-refractivity contribution in [3.05, 3.63) is 23.5 Å². The lowest BCUT2D eigenvalue weighted by Gasteiger charge is -2.14. The first-order valence-electron chi connectivity index (χ1n) is 6.21. The number of ether oxygens (including phenoxy) is 1. The summed E-state index contributed by atoms with van der Waals surface area (Å²) in [5.74, 6) is 0.371. The third kappa shape index (κ3) is 3.41. The number of halogens is 1. The molecule has 0 bridgehead atoms. The van der Waals surface area contributed by atoms with E-state index in [2.05, 4.69) is 0 Å². The molecule has 2 rings (SSSR count). The molecule has 0 aliphatic heterocycles. The van der Waals surface area contributed by atoms with Gasteiger partial charge in [-0.05, 0) is 42.9 Å². The largest absolute Gasteiger partial charge is 0.469 e. The molecule has 1 fully saturated rings. The molecule has 0 spiro atoms. The number of carbonyl (C=O) groups excluding carboxylic acids is 1. The van der Waals surface area contributed by atoms with Crippen LogP contribution in [0.3, 0.4) is 0 Å². The number of nitrogens with two attached hydrogens (primary N) is 1. The van der Waals surface area contributed by atoms with E-state index in [-0.39, 0.29) is 17.2 Å². The lowest BCUT2D eigenvalue weighted by molar-refractivity contribution is -0.141. The second kappa shape index (κ2) is 5.41. The number of hydrogen-bond acceptors (Lipinski definition) is 4. The first-order chi connectivity index (χ1) is 8.96. The summed E-state index contributed by atoms with van der Waals surface area (Å²) in [6, 6.07) is 3.13. The van der Waals surface area contributed by atoms with E-state index in [0.29, 0.717) is 17.7 Å². The van der Waals surface area contributed by atoms with E-state index in [1.807, 2.05) is 0 Å². The van der Waals surface area contributed by atoms with Crippen LogP contribution in [0, 0.1) is 18.2 Å². The van der Waals surface area contributed by atoms with E-state index in [1.165, 1.54) is 13.2 Å². The van der Waals surface area contributed by atoms with Crippen molar-refractivity contribution in [2.75, 3.05) is 18.6 Å². The molecule has 1 aromatic rings. The number of methoxy groups -OCH3 is 1. The van der Waals surface area contributed by atoms with Crippen LogP contribution < -0.4 is 5.73 Å². The third-order valence-corrected chi connectivity index (χ3v) is 4.95. The highest BCUT2D eigenvalue weighted by Gasteiger charge is 2.44. The Balaban J connectivity index is 1.99. The van der Waals surface area contributed by atoms with Crippen LogP contribution in [0.1, 0.15) is 24.8 Å². The molecule has 5 heteroatoms. The van der Waals surface area contributed by atoms with E-state index in [1.54, 1.807) is 24.8 Å². The summed E-state index contributed by atoms with van der Waals surface area (Å²) < 4.78 is 18.0. The van der Waals surface area contributed by atoms with Crippen LogP contribution in [0.4, 0.5) is 10.1 Å². The van der Waals surface area contributed by atoms with Crippen molar-refractivity contribution in [2.45, 2.75) is 31.1 Å². The minimum atomic E-state index is -0.280. The number of esters is 1. The van der Waals surface area contributed by atoms with Gasteiger partial charge in [-0.1, -0.05) is 0 Å². The maximum absolute atomic E-state index is 13.3. The molecule has 0 aromatic heterocycles. The molecule has 1 aromatic carbocycles. The maximum Gasteiger partial charge on any atom is 0.306 e. The monoisotopic (exact) mass is 283 g/mol. The van der Waals surface area contributed by atoms with Crippen LogP contribution in [-0.4, -0.2) is 18.8 Å². The fourth-order valence-electron chi connectivity index (χ4n) is 1.95. The van der Waals surface area contributed by atoms with E-state index in [9.17, 15) is 9.18 Å². The van der Waals surface area contributed by atoms with Gasteiger partial charge >= 0.3 is 5.97 Å². The fraction of sp³-hybridized carbons (Fsp3) is 0.500. The molecule has 0 amide bonds. The number of aryl methyl sites for hydroxylation is 1. The lowest BCUT2D eigenvalue weighted by atomic mass is 10.1. The van der Waals surface area contributed by atoms with Crippen LogP contribution in [0.15, 0.2) is 17.0 Å². The Labute approximate surface area is 116 Å². The fourth-order valence-corrected chi connectivity index (χ4v) is 3.29. The van der Waals surface area contributed by atoms with Gasteiger partial charge in [0, 0.05) is 16.3 Å². The molecular weight excluding hydrogens is 265 g/mol. The second-order valence-corrected chi connectivity index (χ2v) is 6.20. The summed E-state index contributed by atoms with van der Waals surface area (Å²) in [5, 5.41) is 0. The van der Waals surface area contributed by atoms with Crippen molar-refractivity contribution in [1.29, 1.82) is 0 Å². The summed E-state index contributed by atoms with van der Waals surface area (Å²) in [6.45, 7) is 1.72. The van der Waals surface area contributed by atoms with Gasteiger partial charge in [-0.3, -0.25) is 4.79 Å². The molecule has 2 N–H and O–H groups in total. The molecule has 0 heterocycles. The van der Waals surface area contributed by atoms with E-state index in [4.69, 9.17) is 10.5 Å². The van der Waals surface area contributed by atoms with Crippen molar-refractivity contribution >= 4 is 23.4 Å². The number of carbonyl (C=O) groups is 1. The normalized spacial score (nSPS) is 16.2. The van der Waals surface area contributed by atoms with Gasteiger partial charge < -0.3 is 10.5 Å². The van der Waals surface area contributed by atoms with Gasteiger partial charge in [-0.2, -0.15) is 0 Å². The molecular formula is C14H18FNO2S. The average molecular weight is 283 g/mol. The molecule has 0 saturated heterocycles. The number of thioether (sulfide) groups is 1. The molecule has 1 saturated carbocycles. The molecule has 1 aliphatic carbocycles. The maximum atomic E-state index is 13.3. The smallest absolute Gasteiger partial charge is 0.306 e. The van der Waals surface area contributed by atoms with E-state index >= 15 is 0 Å². The minimum absolute atomic E-state index is 0.0481. The van der Waals surface area contributed by atoms with Gasteiger partial charge in [0.1, 0.15) is 5.82 Å². The summed E-state index contributed by atoms with van der Waals surface area (Å²) in [5.41, 5.74) is 6.92. The molecule has 3 nitrogen and oxygen atoms in total. The summed E-state index contributed by atoms with van der Waals surface area (Å²) in [7, 11) is 1.41. The molecule has 0 unspecified atom stereocenters. The third-order valence-electron chi connectivity index (χ3n) is 3.53. The number of anilines is 1. The summed E-state index contributed by atoms with van der Waals surface area (Å²) >= 11 is 1.59. The summed E-state index contributed by atoms with van der Waals surface area (Å²) in [4.78, 5) is 12.2. The number of benzene rings is 1. The molecule has 0 radical (unpaired) electrons. The first-order valence-corrected chi connectivity index (χ1v) is 7.20.